The van der Waals surface area contributed by atoms with E-state index in [-0.39, 0.29) is 58.8 Å². The topological polar surface area (TPSA) is 86.7 Å². The van der Waals surface area contributed by atoms with Gasteiger partial charge in [-0.1, -0.05) is 48.5 Å². The van der Waals surface area contributed by atoms with Crippen molar-refractivity contribution in [2.45, 2.75) is 150 Å². The van der Waals surface area contributed by atoms with E-state index in [1.807, 2.05) is 0 Å². The number of hydrogen-bond donors (Lipinski definition) is 1. The molecule has 266 valence electrons. The average molecular weight is 658 g/mol. The first kappa shape index (κ1) is 33.4. The Morgan fingerprint density at radius 1 is 1.00 bits per heavy atom. The highest BCUT2D eigenvalue weighted by molar-refractivity contribution is 5.66. The number of aliphatic hydroxyl groups is 1. The van der Waals surface area contributed by atoms with Gasteiger partial charge in [0.2, 0.25) is 0 Å². The molecule has 0 aromatic heterocycles. The molecule has 47 heavy (non-hydrogen) atoms. The zero-order chi connectivity index (χ0) is 33.3. The number of carbonyl (C=O) groups is 1. The summed E-state index contributed by atoms with van der Waals surface area (Å²) in [6, 6.07) is 0.520. The molecular formula is C39H63NO7. The third-order valence-electron chi connectivity index (χ3n) is 16.6. The molecule has 0 aromatic carbocycles. The van der Waals surface area contributed by atoms with Crippen LogP contribution in [-0.2, 0) is 28.5 Å². The summed E-state index contributed by atoms with van der Waals surface area (Å²) in [6.07, 6.45) is 8.24. The van der Waals surface area contributed by atoms with Crippen LogP contribution in [0.4, 0.5) is 0 Å². The van der Waals surface area contributed by atoms with Crippen LogP contribution in [0.1, 0.15) is 107 Å². The maximum atomic E-state index is 12.6. The van der Waals surface area contributed by atoms with Crippen molar-refractivity contribution in [3.63, 3.8) is 0 Å². The van der Waals surface area contributed by atoms with E-state index < -0.39 is 6.10 Å². The Hall–Kier alpha value is -0.770. The van der Waals surface area contributed by atoms with Gasteiger partial charge >= 0.3 is 5.97 Å². The lowest BCUT2D eigenvalue weighted by Crippen LogP contribution is -2.60. The zero-order valence-corrected chi connectivity index (χ0v) is 30.5. The van der Waals surface area contributed by atoms with Crippen LogP contribution in [-0.4, -0.2) is 91.7 Å². The largest absolute Gasteiger partial charge is 0.460 e. The van der Waals surface area contributed by atoms with Crippen LogP contribution in [0.15, 0.2) is 0 Å². The standard InChI is InChI=1S/C39H63NO7/c1-22(2)32(45-24(4)41)26-17-23(3)31-33(46-26)34(42)37(8)28-10-9-27-35(5,6)29(47-30-18-40(15-16-44-30)25-19-43-20-25)11-12-38(27)21-39(28,38)14-13-36(31,37)7/h22-23,25-34,42H,9-21H2,1-8H3. The smallest absolute Gasteiger partial charge is 0.303 e. The number of fused-ring (bicyclic) bond motifs is 4. The number of esters is 1. The number of aliphatic hydroxyl groups excluding tert-OH is 1. The number of rotatable bonds is 6. The van der Waals surface area contributed by atoms with Gasteiger partial charge in [-0.3, -0.25) is 9.69 Å². The van der Waals surface area contributed by atoms with Gasteiger partial charge in [-0.05, 0) is 103 Å². The van der Waals surface area contributed by atoms with Gasteiger partial charge < -0.3 is 28.8 Å². The molecule has 3 saturated heterocycles. The van der Waals surface area contributed by atoms with Gasteiger partial charge in [-0.25, -0.2) is 0 Å². The second-order valence-corrected chi connectivity index (χ2v) is 19.0. The quantitative estimate of drug-likeness (QED) is 0.358. The Kier molecular flexibility index (Phi) is 7.89. The first-order chi connectivity index (χ1) is 22.2. The molecule has 8 aliphatic rings. The maximum Gasteiger partial charge on any atom is 0.303 e. The minimum Gasteiger partial charge on any atom is -0.460 e. The Labute approximate surface area is 283 Å². The van der Waals surface area contributed by atoms with Crippen molar-refractivity contribution in [2.75, 3.05) is 32.9 Å². The summed E-state index contributed by atoms with van der Waals surface area (Å²) >= 11 is 0. The summed E-state index contributed by atoms with van der Waals surface area (Å²) in [5.41, 5.74) is 0.565. The van der Waals surface area contributed by atoms with Crippen molar-refractivity contribution < 1.29 is 33.6 Å². The van der Waals surface area contributed by atoms with E-state index >= 15 is 0 Å². The van der Waals surface area contributed by atoms with Crippen LogP contribution in [0.3, 0.4) is 0 Å². The molecule has 14 atom stereocenters. The molecule has 8 rings (SSSR count). The van der Waals surface area contributed by atoms with Crippen LogP contribution in [0.25, 0.3) is 0 Å². The Morgan fingerprint density at radius 3 is 2.40 bits per heavy atom. The zero-order valence-electron chi connectivity index (χ0n) is 30.5. The Morgan fingerprint density at radius 2 is 1.72 bits per heavy atom. The lowest BCUT2D eigenvalue weighted by Gasteiger charge is -2.64. The van der Waals surface area contributed by atoms with Crippen LogP contribution < -0.4 is 0 Å². The van der Waals surface area contributed by atoms with E-state index in [9.17, 15) is 9.90 Å². The fourth-order valence-electron chi connectivity index (χ4n) is 14.3. The van der Waals surface area contributed by atoms with Crippen LogP contribution in [0.2, 0.25) is 0 Å². The molecule has 3 heterocycles. The molecule has 2 spiro atoms. The summed E-state index contributed by atoms with van der Waals surface area (Å²) < 4.78 is 31.4. The summed E-state index contributed by atoms with van der Waals surface area (Å²) in [4.78, 5) is 14.6. The molecule has 3 aliphatic heterocycles. The van der Waals surface area contributed by atoms with Crippen molar-refractivity contribution in [3.8, 4) is 0 Å². The second kappa shape index (κ2) is 11.1. The minimum atomic E-state index is -0.510. The van der Waals surface area contributed by atoms with E-state index in [1.165, 1.54) is 45.4 Å². The Balaban J connectivity index is 1.02. The number of hydrogen-bond acceptors (Lipinski definition) is 8. The first-order valence-corrected chi connectivity index (χ1v) is 19.3. The fourth-order valence-corrected chi connectivity index (χ4v) is 14.3. The summed E-state index contributed by atoms with van der Waals surface area (Å²) in [6.45, 7) is 22.3. The average Bonchev–Trinajstić information content (AvgIpc) is 3.61. The highest BCUT2D eigenvalue weighted by Crippen LogP contribution is 2.89. The van der Waals surface area contributed by atoms with Crippen molar-refractivity contribution in [1.82, 2.24) is 4.90 Å². The molecule has 0 aromatic rings. The van der Waals surface area contributed by atoms with E-state index in [2.05, 4.69) is 53.4 Å². The molecule has 5 aliphatic carbocycles. The van der Waals surface area contributed by atoms with Gasteiger partial charge in [0.15, 0.2) is 6.29 Å². The van der Waals surface area contributed by atoms with Gasteiger partial charge in [-0.15, -0.1) is 0 Å². The molecule has 14 unspecified atom stereocenters. The molecule has 0 amide bonds. The van der Waals surface area contributed by atoms with E-state index in [0.29, 0.717) is 40.5 Å². The predicted molar refractivity (Wildman–Crippen MR) is 177 cm³/mol. The van der Waals surface area contributed by atoms with Gasteiger partial charge in [0.1, 0.15) is 6.10 Å². The molecule has 8 fully saturated rings. The van der Waals surface area contributed by atoms with Gasteiger partial charge in [0.25, 0.3) is 0 Å². The number of ether oxygens (including phenoxy) is 5. The molecule has 5 saturated carbocycles. The summed E-state index contributed by atoms with van der Waals surface area (Å²) in [7, 11) is 0. The third-order valence-corrected chi connectivity index (χ3v) is 16.6. The molecular weight excluding hydrogens is 594 g/mol. The van der Waals surface area contributed by atoms with Gasteiger partial charge in [0, 0.05) is 18.9 Å². The Bertz CT molecular complexity index is 1240. The van der Waals surface area contributed by atoms with E-state index in [0.717, 1.165) is 45.8 Å². The summed E-state index contributed by atoms with van der Waals surface area (Å²) in [5.74, 6) is 1.76. The number of morpholine rings is 1. The van der Waals surface area contributed by atoms with E-state index in [4.69, 9.17) is 23.7 Å². The number of nitrogens with zero attached hydrogens (tertiary/aromatic N) is 1. The van der Waals surface area contributed by atoms with E-state index in [1.54, 1.807) is 0 Å². The molecule has 1 N–H and O–H groups in total. The molecule has 0 radical (unpaired) electrons. The molecule has 8 heteroatoms. The first-order valence-electron chi connectivity index (χ1n) is 19.3. The fraction of sp³-hybridized carbons (Fsp3) is 0.974. The van der Waals surface area contributed by atoms with Crippen molar-refractivity contribution in [3.05, 3.63) is 0 Å². The number of carbonyl (C=O) groups excluding carboxylic acids is 1. The van der Waals surface area contributed by atoms with Crippen LogP contribution in [0.5, 0.6) is 0 Å². The maximum absolute atomic E-state index is 12.6. The normalized spacial score (nSPS) is 52.7. The van der Waals surface area contributed by atoms with Crippen molar-refractivity contribution in [1.29, 1.82) is 0 Å². The molecule has 8 nitrogen and oxygen atoms in total. The monoisotopic (exact) mass is 657 g/mol. The lowest BCUT2D eigenvalue weighted by atomic mass is 9.41. The van der Waals surface area contributed by atoms with Gasteiger partial charge in [0.05, 0.1) is 56.8 Å². The van der Waals surface area contributed by atoms with Crippen molar-refractivity contribution in [2.24, 2.45) is 56.7 Å². The van der Waals surface area contributed by atoms with Crippen LogP contribution in [0, 0.1) is 56.7 Å². The van der Waals surface area contributed by atoms with Crippen molar-refractivity contribution >= 4 is 5.97 Å². The lowest BCUT2D eigenvalue weighted by molar-refractivity contribution is -0.256. The predicted octanol–water partition coefficient (Wildman–Crippen LogP) is 5.83. The van der Waals surface area contributed by atoms with Crippen LogP contribution >= 0.6 is 0 Å². The SMILES string of the molecule is CC(=O)OC(C(C)C)C1CC(C)C2C(O1)C(O)C1(C)C3CCC4C(C)(C)C(OC5CN(C6COC6)CCO5)CCC45CC35CCC21C. The second-order valence-electron chi connectivity index (χ2n) is 19.0. The highest BCUT2D eigenvalue weighted by Gasteiger charge is 2.84. The minimum absolute atomic E-state index is 0.0221. The molecule has 0 bridgehead atoms. The highest BCUT2D eigenvalue weighted by atomic mass is 16.7. The third kappa shape index (κ3) is 4.49. The summed E-state index contributed by atoms with van der Waals surface area (Å²) in [5, 5.41) is 12.6. The van der Waals surface area contributed by atoms with Gasteiger partial charge in [-0.2, -0.15) is 0 Å².